The fourth-order valence-electron chi connectivity index (χ4n) is 3.87. The van der Waals surface area contributed by atoms with Gasteiger partial charge in [-0.3, -0.25) is 9.48 Å². The number of amides is 1. The molecule has 0 radical (unpaired) electrons. The average Bonchev–Trinajstić information content (AvgIpc) is 3.33. The van der Waals surface area contributed by atoms with Gasteiger partial charge in [-0.15, -0.1) is 0 Å². The van der Waals surface area contributed by atoms with Crippen molar-refractivity contribution in [1.82, 2.24) is 25.1 Å². The zero-order chi connectivity index (χ0) is 27.8. The number of aliphatic hydroxyl groups is 1. The molecule has 206 valence electrons. The Hall–Kier alpha value is -4.16. The first-order chi connectivity index (χ1) is 18.7. The molecule has 0 spiro atoms. The van der Waals surface area contributed by atoms with Crippen LogP contribution in [0.3, 0.4) is 0 Å². The summed E-state index contributed by atoms with van der Waals surface area (Å²) in [6, 6.07) is 9.11. The van der Waals surface area contributed by atoms with E-state index in [9.17, 15) is 13.6 Å². The molecular formula is C27H31F2N7O3. The van der Waals surface area contributed by atoms with Gasteiger partial charge in [0.1, 0.15) is 24.4 Å². The zero-order valence-electron chi connectivity index (χ0n) is 21.7. The molecule has 0 atom stereocenters. The summed E-state index contributed by atoms with van der Waals surface area (Å²) in [6.45, 7) is 5.36. The maximum Gasteiger partial charge on any atom is 0.246 e. The minimum absolute atomic E-state index is 0.122. The molecular weight excluding hydrogens is 508 g/mol. The zero-order valence-corrected chi connectivity index (χ0v) is 21.7. The smallest absolute Gasteiger partial charge is 0.246 e. The lowest BCUT2D eigenvalue weighted by molar-refractivity contribution is -0.116. The minimum Gasteiger partial charge on any atom is -0.493 e. The molecule has 0 aliphatic heterocycles. The van der Waals surface area contributed by atoms with E-state index in [1.165, 1.54) is 29.3 Å². The number of rotatable bonds is 13. The highest BCUT2D eigenvalue weighted by Gasteiger charge is 2.15. The third-order valence-electron chi connectivity index (χ3n) is 5.97. The quantitative estimate of drug-likeness (QED) is 0.188. The Labute approximate surface area is 224 Å². The van der Waals surface area contributed by atoms with Crippen LogP contribution in [0.1, 0.15) is 26.7 Å². The monoisotopic (exact) mass is 539 g/mol. The van der Waals surface area contributed by atoms with Crippen molar-refractivity contribution in [3.8, 4) is 5.75 Å². The van der Waals surface area contributed by atoms with Crippen molar-refractivity contribution < 1.29 is 23.4 Å². The molecule has 0 saturated carbocycles. The number of fused-ring (bicyclic) bond motifs is 1. The molecule has 2 heterocycles. The van der Waals surface area contributed by atoms with Crippen molar-refractivity contribution in [2.75, 3.05) is 30.4 Å². The van der Waals surface area contributed by atoms with Gasteiger partial charge >= 0.3 is 0 Å². The average molecular weight is 540 g/mol. The Morgan fingerprint density at radius 3 is 2.85 bits per heavy atom. The topological polar surface area (TPSA) is 126 Å². The Morgan fingerprint density at radius 1 is 1.18 bits per heavy atom. The highest BCUT2D eigenvalue weighted by Crippen LogP contribution is 2.26. The molecule has 1 amide bonds. The lowest BCUT2D eigenvalue weighted by atomic mass is 10.0. The summed E-state index contributed by atoms with van der Waals surface area (Å²) in [5, 5.41) is 22.9. The minimum atomic E-state index is -1.12. The van der Waals surface area contributed by atoms with Crippen LogP contribution in [0, 0.1) is 11.6 Å². The van der Waals surface area contributed by atoms with Gasteiger partial charge in [-0.25, -0.2) is 18.7 Å². The summed E-state index contributed by atoms with van der Waals surface area (Å²) in [5.41, 5.74) is 0.913. The summed E-state index contributed by atoms with van der Waals surface area (Å²) in [7, 11) is 0. The number of benzene rings is 2. The van der Waals surface area contributed by atoms with E-state index in [2.05, 4.69) is 44.9 Å². The Bertz CT molecular complexity index is 1430. The summed E-state index contributed by atoms with van der Waals surface area (Å²) >= 11 is 0. The third-order valence-corrected chi connectivity index (χ3v) is 5.97. The van der Waals surface area contributed by atoms with Gasteiger partial charge in [-0.2, -0.15) is 5.10 Å². The van der Waals surface area contributed by atoms with Crippen molar-refractivity contribution in [3.05, 3.63) is 66.8 Å². The number of nitrogens with one attached hydrogen (secondary N) is 3. The van der Waals surface area contributed by atoms with E-state index in [-0.39, 0.29) is 24.4 Å². The van der Waals surface area contributed by atoms with Gasteiger partial charge in [-0.05, 0) is 57.5 Å². The van der Waals surface area contributed by atoms with Crippen molar-refractivity contribution in [3.63, 3.8) is 0 Å². The van der Waals surface area contributed by atoms with Crippen LogP contribution in [-0.2, 0) is 11.3 Å². The molecule has 10 nitrogen and oxygen atoms in total. The van der Waals surface area contributed by atoms with E-state index in [0.717, 1.165) is 24.4 Å². The van der Waals surface area contributed by atoms with Gasteiger partial charge < -0.3 is 25.8 Å². The molecule has 0 aliphatic carbocycles. The molecule has 2 aromatic carbocycles. The molecule has 0 bridgehead atoms. The second-order valence-electron chi connectivity index (χ2n) is 9.59. The number of anilines is 3. The number of ether oxygens (including phenoxy) is 1. The summed E-state index contributed by atoms with van der Waals surface area (Å²) < 4.78 is 34.4. The molecule has 0 unspecified atom stereocenters. The lowest BCUT2D eigenvalue weighted by Crippen LogP contribution is -2.40. The van der Waals surface area contributed by atoms with Crippen LogP contribution in [0.2, 0.25) is 0 Å². The van der Waals surface area contributed by atoms with E-state index >= 15 is 0 Å². The lowest BCUT2D eigenvalue weighted by Gasteiger charge is -2.25. The van der Waals surface area contributed by atoms with Crippen LogP contribution in [0.4, 0.5) is 26.0 Å². The first kappa shape index (κ1) is 27.9. The van der Waals surface area contributed by atoms with Crippen LogP contribution in [0.15, 0.2) is 55.1 Å². The van der Waals surface area contributed by atoms with E-state index in [1.807, 2.05) is 18.2 Å². The molecule has 0 saturated heterocycles. The van der Waals surface area contributed by atoms with Crippen LogP contribution >= 0.6 is 0 Å². The SMILES string of the molecule is CC(C)(CCO)NCCCOc1ccc2c(Nc3cnn(CC(=O)Nc4cccc(F)c4F)c3)ncnc2c1. The second-order valence-corrected chi connectivity index (χ2v) is 9.59. The van der Waals surface area contributed by atoms with Gasteiger partial charge in [0.15, 0.2) is 11.6 Å². The maximum absolute atomic E-state index is 13.8. The fourth-order valence-corrected chi connectivity index (χ4v) is 3.87. The van der Waals surface area contributed by atoms with Crippen LogP contribution < -0.4 is 20.7 Å². The first-order valence-electron chi connectivity index (χ1n) is 12.5. The van der Waals surface area contributed by atoms with Gasteiger partial charge in [0, 0.05) is 29.8 Å². The number of aromatic nitrogens is 4. The number of hydrogen-bond donors (Lipinski definition) is 4. The van der Waals surface area contributed by atoms with Crippen molar-refractivity contribution in [2.45, 2.75) is 38.8 Å². The summed E-state index contributed by atoms with van der Waals surface area (Å²) in [5.74, 6) is -1.48. The van der Waals surface area contributed by atoms with E-state index in [4.69, 9.17) is 9.84 Å². The predicted molar refractivity (Wildman–Crippen MR) is 144 cm³/mol. The van der Waals surface area contributed by atoms with Gasteiger partial charge in [0.2, 0.25) is 5.91 Å². The number of halogens is 2. The molecule has 4 N–H and O–H groups in total. The number of hydrogen-bond acceptors (Lipinski definition) is 8. The predicted octanol–water partition coefficient (Wildman–Crippen LogP) is 4.01. The van der Waals surface area contributed by atoms with Gasteiger partial charge in [0.25, 0.3) is 0 Å². The Morgan fingerprint density at radius 2 is 2.03 bits per heavy atom. The van der Waals surface area contributed by atoms with Crippen molar-refractivity contribution in [2.24, 2.45) is 0 Å². The number of nitrogens with zero attached hydrogens (tertiary/aromatic N) is 4. The molecule has 2 aromatic heterocycles. The molecule has 12 heteroatoms. The largest absolute Gasteiger partial charge is 0.493 e. The third kappa shape index (κ3) is 7.68. The number of aliphatic hydroxyl groups excluding tert-OH is 1. The summed E-state index contributed by atoms with van der Waals surface area (Å²) in [6.07, 6.45) is 6.05. The Kier molecular flexibility index (Phi) is 8.99. The Balaban J connectivity index is 1.32. The highest BCUT2D eigenvalue weighted by atomic mass is 19.2. The molecule has 4 rings (SSSR count). The van der Waals surface area contributed by atoms with Gasteiger partial charge in [0.05, 0.1) is 29.7 Å². The maximum atomic E-state index is 13.8. The van der Waals surface area contributed by atoms with E-state index in [1.54, 1.807) is 6.20 Å². The van der Waals surface area contributed by atoms with Crippen molar-refractivity contribution >= 4 is 34.0 Å². The molecule has 4 aromatic rings. The summed E-state index contributed by atoms with van der Waals surface area (Å²) in [4.78, 5) is 20.9. The standard InChI is InChI=1S/C27H31F2N7O3/c1-27(2,9-11-37)32-10-4-12-39-19-7-8-20-23(13-19)30-17-31-26(20)34-18-14-33-36(15-18)16-24(38)35-22-6-3-5-21(28)25(22)29/h3,5-8,13-15,17,32,37H,4,9-12,16H2,1-2H3,(H,35,38)(H,30,31,34). The first-order valence-corrected chi connectivity index (χ1v) is 12.5. The van der Waals surface area contributed by atoms with Crippen LogP contribution in [0.5, 0.6) is 5.75 Å². The highest BCUT2D eigenvalue weighted by molar-refractivity contribution is 5.92. The van der Waals surface area contributed by atoms with E-state index in [0.29, 0.717) is 35.8 Å². The fraction of sp³-hybridized carbons (Fsp3) is 0.333. The van der Waals surface area contributed by atoms with E-state index < -0.39 is 17.5 Å². The molecule has 0 aliphatic rings. The molecule has 39 heavy (non-hydrogen) atoms. The van der Waals surface area contributed by atoms with Gasteiger partial charge in [-0.1, -0.05) is 6.07 Å². The second kappa shape index (κ2) is 12.6. The number of carbonyl (C=O) groups is 1. The molecule has 0 fully saturated rings. The number of carbonyl (C=O) groups excluding carboxylic acids is 1. The van der Waals surface area contributed by atoms with Crippen molar-refractivity contribution in [1.29, 1.82) is 0 Å². The van der Waals surface area contributed by atoms with Crippen LogP contribution in [0.25, 0.3) is 10.9 Å². The normalized spacial score (nSPS) is 11.5. The van der Waals surface area contributed by atoms with Crippen LogP contribution in [-0.4, -0.2) is 56.1 Å².